The molecule has 5 heteroatoms. The van der Waals surface area contributed by atoms with Gasteiger partial charge in [0, 0.05) is 32.1 Å². The molecule has 1 atom stereocenters. The lowest BCUT2D eigenvalue weighted by molar-refractivity contribution is -0.751. The minimum Gasteiger partial charge on any atom is -0.396 e. The van der Waals surface area contributed by atoms with Crippen LogP contribution in [-0.4, -0.2) is 41.7 Å². The highest BCUT2D eigenvalue weighted by Gasteiger charge is 2.10. The number of aliphatic hydroxyl groups excluding tert-OH is 2. The number of nitrogens with one attached hydrogen (secondary N) is 1. The van der Waals surface area contributed by atoms with Crippen molar-refractivity contribution in [2.45, 2.75) is 25.5 Å². The Morgan fingerprint density at radius 1 is 1.60 bits per heavy atom. The standard InChI is InChI=1S/C10H18N2O3/c1-15-8-10(14)2-4-12-7-9(3-5-13)6-11-12/h6-7,10,13-14H,2-5,8H2,1H3/p+1. The van der Waals surface area contributed by atoms with Gasteiger partial charge in [-0.15, -0.1) is 4.68 Å². The molecule has 1 unspecified atom stereocenters. The molecule has 1 aromatic rings. The zero-order valence-corrected chi connectivity index (χ0v) is 9.02. The predicted molar refractivity (Wildman–Crippen MR) is 54.3 cm³/mol. The van der Waals surface area contributed by atoms with Crippen molar-refractivity contribution in [2.75, 3.05) is 20.3 Å². The Morgan fingerprint density at radius 2 is 2.40 bits per heavy atom. The van der Waals surface area contributed by atoms with Crippen molar-refractivity contribution in [3.05, 3.63) is 18.0 Å². The lowest BCUT2D eigenvalue weighted by Gasteiger charge is -2.04. The highest BCUT2D eigenvalue weighted by atomic mass is 16.5. The zero-order valence-electron chi connectivity index (χ0n) is 9.02. The van der Waals surface area contributed by atoms with Crippen LogP contribution in [0.3, 0.4) is 0 Å². The number of ether oxygens (including phenoxy) is 1. The number of aliphatic hydroxyl groups is 2. The summed E-state index contributed by atoms with van der Waals surface area (Å²) in [6.07, 6.45) is 4.68. The molecule has 0 aliphatic heterocycles. The second-order valence-corrected chi connectivity index (χ2v) is 3.54. The molecule has 0 radical (unpaired) electrons. The maximum atomic E-state index is 9.43. The molecule has 0 bridgehead atoms. The Bertz CT molecular complexity index is 275. The largest absolute Gasteiger partial charge is 0.396 e. The van der Waals surface area contributed by atoms with Gasteiger partial charge in [-0.05, 0) is 0 Å². The third-order valence-electron chi connectivity index (χ3n) is 2.20. The molecule has 5 nitrogen and oxygen atoms in total. The van der Waals surface area contributed by atoms with E-state index in [2.05, 4.69) is 5.10 Å². The summed E-state index contributed by atoms with van der Waals surface area (Å²) < 4.78 is 6.73. The lowest BCUT2D eigenvalue weighted by atomic mass is 10.2. The van der Waals surface area contributed by atoms with Crippen LogP contribution in [0.15, 0.2) is 12.4 Å². The van der Waals surface area contributed by atoms with E-state index < -0.39 is 6.10 Å². The molecule has 0 saturated carbocycles. The van der Waals surface area contributed by atoms with Gasteiger partial charge < -0.3 is 14.9 Å². The fourth-order valence-corrected chi connectivity index (χ4v) is 1.40. The zero-order chi connectivity index (χ0) is 11.1. The number of aromatic amines is 1. The number of H-pyrrole nitrogens is 1. The van der Waals surface area contributed by atoms with Crippen LogP contribution in [0.5, 0.6) is 0 Å². The first-order valence-corrected chi connectivity index (χ1v) is 5.11. The van der Waals surface area contributed by atoms with Gasteiger partial charge in [-0.25, -0.2) is 0 Å². The normalized spacial score (nSPS) is 13.0. The lowest BCUT2D eigenvalue weighted by Crippen LogP contribution is -2.37. The first kappa shape index (κ1) is 12.2. The second-order valence-electron chi connectivity index (χ2n) is 3.54. The molecule has 86 valence electrons. The molecular formula is C10H19N2O3+. The average Bonchev–Trinajstić information content (AvgIpc) is 2.64. The SMILES string of the molecule is COCC(O)CC[n+]1cc(CCO)c[nH]1. The Labute approximate surface area is 89.3 Å². The molecule has 0 aliphatic carbocycles. The number of rotatable bonds is 7. The van der Waals surface area contributed by atoms with Gasteiger partial charge >= 0.3 is 0 Å². The van der Waals surface area contributed by atoms with Gasteiger partial charge in [-0.3, -0.25) is 0 Å². The molecule has 1 rings (SSSR count). The number of nitrogens with zero attached hydrogens (tertiary/aromatic N) is 1. The molecule has 1 aromatic heterocycles. The summed E-state index contributed by atoms with van der Waals surface area (Å²) in [5.74, 6) is 0. The van der Waals surface area contributed by atoms with Crippen molar-refractivity contribution >= 4 is 0 Å². The molecular weight excluding hydrogens is 196 g/mol. The van der Waals surface area contributed by atoms with Crippen molar-refractivity contribution in [1.29, 1.82) is 0 Å². The summed E-state index contributed by atoms with van der Waals surface area (Å²) in [4.78, 5) is 0. The van der Waals surface area contributed by atoms with E-state index in [1.54, 1.807) is 7.11 Å². The first-order chi connectivity index (χ1) is 7.26. The molecule has 0 fully saturated rings. The number of hydrogen-bond acceptors (Lipinski definition) is 3. The van der Waals surface area contributed by atoms with Gasteiger partial charge in [0.2, 0.25) is 0 Å². The maximum absolute atomic E-state index is 9.43. The summed E-state index contributed by atoms with van der Waals surface area (Å²) in [5, 5.41) is 21.2. The van der Waals surface area contributed by atoms with Gasteiger partial charge in [0.1, 0.15) is 0 Å². The van der Waals surface area contributed by atoms with Gasteiger partial charge in [0.25, 0.3) is 0 Å². The van der Waals surface area contributed by atoms with Gasteiger partial charge in [-0.1, -0.05) is 0 Å². The van der Waals surface area contributed by atoms with E-state index in [4.69, 9.17) is 9.84 Å². The fourth-order valence-electron chi connectivity index (χ4n) is 1.40. The van der Waals surface area contributed by atoms with Crippen molar-refractivity contribution in [1.82, 2.24) is 5.10 Å². The molecule has 3 N–H and O–H groups in total. The van der Waals surface area contributed by atoms with E-state index >= 15 is 0 Å². The Balaban J connectivity index is 2.30. The number of methoxy groups -OCH3 is 1. The van der Waals surface area contributed by atoms with Crippen LogP contribution in [-0.2, 0) is 17.7 Å². The molecule has 0 amide bonds. The van der Waals surface area contributed by atoms with E-state index in [1.807, 2.05) is 17.1 Å². The maximum Gasteiger partial charge on any atom is 0.198 e. The minimum absolute atomic E-state index is 0.157. The number of aryl methyl sites for hydroxylation is 1. The second kappa shape index (κ2) is 6.55. The Morgan fingerprint density at radius 3 is 3.07 bits per heavy atom. The van der Waals surface area contributed by atoms with Gasteiger partial charge in [-0.2, -0.15) is 5.10 Å². The molecule has 15 heavy (non-hydrogen) atoms. The van der Waals surface area contributed by atoms with E-state index in [0.29, 0.717) is 19.4 Å². The monoisotopic (exact) mass is 215 g/mol. The van der Waals surface area contributed by atoms with E-state index in [0.717, 1.165) is 12.1 Å². The smallest absolute Gasteiger partial charge is 0.198 e. The van der Waals surface area contributed by atoms with Crippen LogP contribution >= 0.6 is 0 Å². The van der Waals surface area contributed by atoms with Crippen LogP contribution < -0.4 is 4.68 Å². The van der Waals surface area contributed by atoms with Crippen LogP contribution in [0.25, 0.3) is 0 Å². The van der Waals surface area contributed by atoms with Crippen LogP contribution in [0, 0.1) is 0 Å². The summed E-state index contributed by atoms with van der Waals surface area (Å²) in [6.45, 7) is 1.24. The predicted octanol–water partition coefficient (Wildman–Crippen LogP) is -0.766. The summed E-state index contributed by atoms with van der Waals surface area (Å²) in [7, 11) is 1.57. The van der Waals surface area contributed by atoms with Crippen LogP contribution in [0.4, 0.5) is 0 Å². The highest BCUT2D eigenvalue weighted by molar-refractivity contribution is 4.98. The molecule has 0 aromatic carbocycles. The Kier molecular flexibility index (Phi) is 5.31. The van der Waals surface area contributed by atoms with E-state index in [1.165, 1.54) is 0 Å². The third-order valence-corrected chi connectivity index (χ3v) is 2.20. The fraction of sp³-hybridized carbons (Fsp3) is 0.700. The number of aromatic nitrogens is 2. The molecule has 0 saturated heterocycles. The van der Waals surface area contributed by atoms with Gasteiger partial charge in [0.05, 0.1) is 18.9 Å². The van der Waals surface area contributed by atoms with E-state index in [9.17, 15) is 5.11 Å². The van der Waals surface area contributed by atoms with Crippen LogP contribution in [0.1, 0.15) is 12.0 Å². The summed E-state index contributed by atoms with van der Waals surface area (Å²) >= 11 is 0. The molecule has 0 aliphatic rings. The van der Waals surface area contributed by atoms with Crippen molar-refractivity contribution < 1.29 is 19.6 Å². The topological polar surface area (TPSA) is 69.4 Å². The first-order valence-electron chi connectivity index (χ1n) is 5.11. The minimum atomic E-state index is -0.424. The summed E-state index contributed by atoms with van der Waals surface area (Å²) in [5.41, 5.74) is 1.07. The highest BCUT2D eigenvalue weighted by Crippen LogP contribution is 1.95. The molecule has 1 heterocycles. The average molecular weight is 215 g/mol. The quantitative estimate of drug-likeness (QED) is 0.523. The van der Waals surface area contributed by atoms with Crippen molar-refractivity contribution in [3.8, 4) is 0 Å². The third kappa shape index (κ3) is 4.42. The molecule has 0 spiro atoms. The van der Waals surface area contributed by atoms with Crippen molar-refractivity contribution in [2.24, 2.45) is 0 Å². The van der Waals surface area contributed by atoms with E-state index in [-0.39, 0.29) is 6.61 Å². The summed E-state index contributed by atoms with van der Waals surface area (Å²) in [6, 6.07) is 0. The van der Waals surface area contributed by atoms with Crippen molar-refractivity contribution in [3.63, 3.8) is 0 Å². The Hall–Kier alpha value is -0.910. The number of hydrogen-bond donors (Lipinski definition) is 3. The van der Waals surface area contributed by atoms with Gasteiger partial charge in [0.15, 0.2) is 12.7 Å². The van der Waals surface area contributed by atoms with Crippen LogP contribution in [0.2, 0.25) is 0 Å².